The Kier molecular flexibility index (Phi) is 8.55. The molecule has 0 bridgehead atoms. The first kappa shape index (κ1) is 20.6. The summed E-state index contributed by atoms with van der Waals surface area (Å²) in [5.41, 5.74) is 6.34. The second-order valence-electron chi connectivity index (χ2n) is 5.87. The zero-order valence-corrected chi connectivity index (χ0v) is 14.7. The van der Waals surface area contributed by atoms with Gasteiger partial charge in [-0.25, -0.2) is 0 Å². The minimum atomic E-state index is -0.716. The van der Waals surface area contributed by atoms with Crippen molar-refractivity contribution in [2.45, 2.75) is 45.7 Å². The van der Waals surface area contributed by atoms with E-state index in [-0.39, 0.29) is 18.0 Å². The van der Waals surface area contributed by atoms with Gasteiger partial charge in [0.05, 0.1) is 17.4 Å². The van der Waals surface area contributed by atoms with E-state index >= 15 is 0 Å². The summed E-state index contributed by atoms with van der Waals surface area (Å²) in [7, 11) is 0. The third-order valence-corrected chi connectivity index (χ3v) is 3.76. The number of nitrogens with one attached hydrogen (secondary N) is 1. The summed E-state index contributed by atoms with van der Waals surface area (Å²) < 4.78 is 0. The second-order valence-corrected chi connectivity index (χ2v) is 5.87. The van der Waals surface area contributed by atoms with Gasteiger partial charge in [0, 0.05) is 25.2 Å². The number of nitrogens with zero attached hydrogens (tertiary/aromatic N) is 2. The number of carbonyl (C=O) groups is 2. The van der Waals surface area contributed by atoms with E-state index in [4.69, 9.17) is 5.73 Å². The molecule has 0 aromatic heterocycles. The lowest BCUT2D eigenvalue weighted by Gasteiger charge is -2.29. The van der Waals surface area contributed by atoms with Crippen LogP contribution in [0.15, 0.2) is 24.3 Å². The summed E-state index contributed by atoms with van der Waals surface area (Å²) in [5, 5.41) is 13.5. The monoisotopic (exact) mass is 350 g/mol. The Hall–Kier alpha value is -2.48. The predicted octanol–water partition coefficient (Wildman–Crippen LogP) is 1.58. The van der Waals surface area contributed by atoms with Crippen molar-refractivity contribution in [3.05, 3.63) is 39.9 Å². The fourth-order valence-electron chi connectivity index (χ4n) is 2.51. The minimum absolute atomic E-state index is 0.00230. The molecule has 2 amide bonds. The molecule has 0 aliphatic rings. The highest BCUT2D eigenvalue weighted by Gasteiger charge is 2.26. The van der Waals surface area contributed by atoms with Crippen molar-refractivity contribution in [2.24, 2.45) is 5.73 Å². The normalized spacial score (nSPS) is 12.0. The molecule has 8 nitrogen and oxygen atoms in total. The number of hydrogen-bond acceptors (Lipinski definition) is 5. The lowest BCUT2D eigenvalue weighted by Crippen LogP contribution is -2.47. The van der Waals surface area contributed by atoms with Crippen molar-refractivity contribution in [3.63, 3.8) is 0 Å². The van der Waals surface area contributed by atoms with Gasteiger partial charge < -0.3 is 11.1 Å². The Morgan fingerprint density at radius 2 is 1.88 bits per heavy atom. The first-order chi connectivity index (χ1) is 11.9. The van der Waals surface area contributed by atoms with E-state index in [1.165, 1.54) is 12.1 Å². The summed E-state index contributed by atoms with van der Waals surface area (Å²) in [6, 6.07) is 5.43. The highest BCUT2D eigenvalue weighted by molar-refractivity contribution is 5.87. The number of nitro benzene ring substituents is 1. The number of carbonyl (C=O) groups excluding carboxylic acids is 2. The first-order valence-corrected chi connectivity index (χ1v) is 8.42. The van der Waals surface area contributed by atoms with E-state index in [9.17, 15) is 19.7 Å². The molecular formula is C17H26N4O4. The lowest BCUT2D eigenvalue weighted by molar-refractivity contribution is -0.384. The molecule has 25 heavy (non-hydrogen) atoms. The first-order valence-electron chi connectivity index (χ1n) is 8.42. The summed E-state index contributed by atoms with van der Waals surface area (Å²) in [6.45, 7) is 5.45. The largest absolute Gasteiger partial charge is 0.368 e. The molecular weight excluding hydrogens is 324 g/mol. The van der Waals surface area contributed by atoms with E-state index in [0.717, 1.165) is 18.4 Å². The number of non-ortho nitro benzene ring substituents is 1. The van der Waals surface area contributed by atoms with E-state index < -0.39 is 16.9 Å². The number of benzene rings is 1. The smallest absolute Gasteiger partial charge is 0.269 e. The fraction of sp³-hybridized carbons (Fsp3) is 0.529. The van der Waals surface area contributed by atoms with Gasteiger partial charge in [0.15, 0.2) is 0 Å². The molecule has 138 valence electrons. The van der Waals surface area contributed by atoms with Gasteiger partial charge in [-0.3, -0.25) is 24.6 Å². The van der Waals surface area contributed by atoms with Crippen LogP contribution in [0.2, 0.25) is 0 Å². The van der Waals surface area contributed by atoms with E-state index in [1.807, 2.05) is 18.7 Å². The third kappa shape index (κ3) is 6.88. The Morgan fingerprint density at radius 3 is 2.36 bits per heavy atom. The van der Waals surface area contributed by atoms with Crippen LogP contribution >= 0.6 is 0 Å². The molecule has 0 saturated heterocycles. The van der Waals surface area contributed by atoms with Crippen LogP contribution in [0.4, 0.5) is 5.69 Å². The summed E-state index contributed by atoms with van der Waals surface area (Å²) in [5.74, 6) is -0.766. The van der Waals surface area contributed by atoms with Crippen LogP contribution in [0.25, 0.3) is 0 Å². The Bertz CT molecular complexity index is 589. The number of hydrogen-bond donors (Lipinski definition) is 2. The van der Waals surface area contributed by atoms with Gasteiger partial charge in [0.25, 0.3) is 5.69 Å². The van der Waals surface area contributed by atoms with E-state index in [2.05, 4.69) is 5.32 Å². The van der Waals surface area contributed by atoms with Gasteiger partial charge in [0.2, 0.25) is 11.8 Å². The van der Waals surface area contributed by atoms with Crippen LogP contribution in [0.3, 0.4) is 0 Å². The zero-order valence-electron chi connectivity index (χ0n) is 14.7. The minimum Gasteiger partial charge on any atom is -0.368 e. The molecule has 0 heterocycles. The topological polar surface area (TPSA) is 119 Å². The van der Waals surface area contributed by atoms with Crippen LogP contribution in [0, 0.1) is 10.1 Å². The van der Waals surface area contributed by atoms with Crippen molar-refractivity contribution in [2.75, 3.05) is 13.1 Å². The van der Waals surface area contributed by atoms with Gasteiger partial charge in [-0.05, 0) is 24.9 Å². The third-order valence-electron chi connectivity index (χ3n) is 3.76. The standard InChI is InChI=1S/C17H26N4O4/c1-3-9-19-16(22)11-15(17(18)23)20(10-4-2)12-13-5-7-14(8-6-13)21(24)25/h5-8,15H,3-4,9-12H2,1-2H3,(H2,18,23)(H,19,22)/t15-/m1/s1. The lowest BCUT2D eigenvalue weighted by atomic mass is 10.1. The predicted molar refractivity (Wildman–Crippen MR) is 94.7 cm³/mol. The molecule has 0 saturated carbocycles. The van der Waals surface area contributed by atoms with Crippen molar-refractivity contribution in [1.29, 1.82) is 0 Å². The fourth-order valence-corrected chi connectivity index (χ4v) is 2.51. The highest BCUT2D eigenvalue weighted by atomic mass is 16.6. The Balaban J connectivity index is 2.87. The molecule has 0 fully saturated rings. The van der Waals surface area contributed by atoms with Gasteiger partial charge >= 0.3 is 0 Å². The van der Waals surface area contributed by atoms with Crippen LogP contribution in [-0.2, 0) is 16.1 Å². The molecule has 0 aliphatic carbocycles. The molecule has 3 N–H and O–H groups in total. The average Bonchev–Trinajstić information content (AvgIpc) is 2.57. The van der Waals surface area contributed by atoms with Crippen molar-refractivity contribution < 1.29 is 14.5 Å². The summed E-state index contributed by atoms with van der Waals surface area (Å²) in [4.78, 5) is 36.0. The van der Waals surface area contributed by atoms with Crippen LogP contribution < -0.4 is 11.1 Å². The van der Waals surface area contributed by atoms with Crippen molar-refractivity contribution in [3.8, 4) is 0 Å². The maximum absolute atomic E-state index is 12.0. The number of amides is 2. The van der Waals surface area contributed by atoms with Gasteiger partial charge in [0.1, 0.15) is 0 Å². The second kappa shape index (κ2) is 10.4. The van der Waals surface area contributed by atoms with Crippen molar-refractivity contribution >= 4 is 17.5 Å². The summed E-state index contributed by atoms with van der Waals surface area (Å²) in [6.07, 6.45) is 1.60. The molecule has 0 aliphatic heterocycles. The SMILES string of the molecule is CCCNC(=O)C[C@H](C(N)=O)N(CCC)Cc1ccc([N+](=O)[O-])cc1. The van der Waals surface area contributed by atoms with Gasteiger partial charge in [-0.1, -0.05) is 26.0 Å². The molecule has 1 aromatic rings. The van der Waals surface area contributed by atoms with Gasteiger partial charge in [-0.2, -0.15) is 0 Å². The van der Waals surface area contributed by atoms with Crippen LogP contribution in [0.1, 0.15) is 38.7 Å². The van der Waals surface area contributed by atoms with Crippen molar-refractivity contribution in [1.82, 2.24) is 10.2 Å². The molecule has 1 aromatic carbocycles. The molecule has 8 heteroatoms. The number of nitro groups is 1. The van der Waals surface area contributed by atoms with Crippen LogP contribution in [-0.4, -0.2) is 40.8 Å². The maximum atomic E-state index is 12.0. The zero-order chi connectivity index (χ0) is 18.8. The molecule has 1 atom stereocenters. The quantitative estimate of drug-likeness (QED) is 0.464. The van der Waals surface area contributed by atoms with E-state index in [1.54, 1.807) is 12.1 Å². The molecule has 0 spiro atoms. The van der Waals surface area contributed by atoms with Gasteiger partial charge in [-0.15, -0.1) is 0 Å². The highest BCUT2D eigenvalue weighted by Crippen LogP contribution is 2.16. The molecule has 1 rings (SSSR count). The average molecular weight is 350 g/mol. The maximum Gasteiger partial charge on any atom is 0.269 e. The summed E-state index contributed by atoms with van der Waals surface area (Å²) >= 11 is 0. The number of nitrogens with two attached hydrogens (primary N) is 1. The number of primary amides is 1. The number of rotatable bonds is 11. The molecule has 0 unspecified atom stereocenters. The van der Waals surface area contributed by atoms with Crippen LogP contribution in [0.5, 0.6) is 0 Å². The molecule has 0 radical (unpaired) electrons. The Morgan fingerprint density at radius 1 is 1.24 bits per heavy atom. The Labute approximate surface area is 147 Å². The van der Waals surface area contributed by atoms with E-state index in [0.29, 0.717) is 19.6 Å².